The van der Waals surface area contributed by atoms with Crippen LogP contribution in [0, 0.1) is 5.41 Å². The molecule has 21 heavy (non-hydrogen) atoms. The van der Waals surface area contributed by atoms with Gasteiger partial charge in [-0.3, -0.25) is 4.79 Å². The third kappa shape index (κ3) is 3.42. The first kappa shape index (κ1) is 15.5. The lowest BCUT2D eigenvalue weighted by atomic mass is 9.85. The van der Waals surface area contributed by atoms with E-state index < -0.39 is 17.4 Å². The van der Waals surface area contributed by atoms with Crippen molar-refractivity contribution >= 4 is 11.9 Å². The quantitative estimate of drug-likeness (QED) is 0.788. The van der Waals surface area contributed by atoms with Crippen LogP contribution in [0.3, 0.4) is 0 Å². The van der Waals surface area contributed by atoms with E-state index in [0.29, 0.717) is 6.54 Å². The van der Waals surface area contributed by atoms with Crippen molar-refractivity contribution < 1.29 is 14.7 Å². The van der Waals surface area contributed by atoms with Crippen LogP contribution in [0.15, 0.2) is 24.3 Å². The Morgan fingerprint density at radius 1 is 1.33 bits per heavy atom. The van der Waals surface area contributed by atoms with Crippen molar-refractivity contribution in [1.82, 2.24) is 10.6 Å². The number of aliphatic carboxylic acids is 1. The molecule has 1 aliphatic rings. The van der Waals surface area contributed by atoms with Crippen molar-refractivity contribution in [2.75, 3.05) is 6.54 Å². The molecule has 1 aromatic rings. The number of hydrogen-bond acceptors (Lipinski definition) is 3. The van der Waals surface area contributed by atoms with Gasteiger partial charge in [-0.15, -0.1) is 0 Å². The summed E-state index contributed by atoms with van der Waals surface area (Å²) in [6, 6.07) is 6.87. The van der Waals surface area contributed by atoms with Gasteiger partial charge in [0.1, 0.15) is 6.04 Å². The van der Waals surface area contributed by atoms with E-state index in [2.05, 4.69) is 10.6 Å². The number of hydrogen-bond donors (Lipinski definition) is 3. The molecule has 1 amide bonds. The molecule has 0 aliphatic carbocycles. The van der Waals surface area contributed by atoms with Gasteiger partial charge in [0.2, 0.25) is 5.91 Å². The van der Waals surface area contributed by atoms with Gasteiger partial charge >= 0.3 is 5.97 Å². The van der Waals surface area contributed by atoms with Crippen LogP contribution in [-0.2, 0) is 16.1 Å². The predicted molar refractivity (Wildman–Crippen MR) is 79.9 cm³/mol. The molecule has 1 aliphatic heterocycles. The van der Waals surface area contributed by atoms with Gasteiger partial charge in [-0.05, 0) is 16.5 Å². The molecule has 5 heteroatoms. The maximum atomic E-state index is 12.5. The minimum Gasteiger partial charge on any atom is -0.480 e. The highest BCUT2D eigenvalue weighted by Gasteiger charge is 2.35. The van der Waals surface area contributed by atoms with Crippen LogP contribution < -0.4 is 10.6 Å². The standard InChI is InChI=1S/C16H22N2O3/c1-16(2,3)13(15(20)21)18-14(19)12-9-17-8-10-6-4-5-7-11(10)12/h4-7,12-13,17H,8-9H2,1-3H3,(H,18,19)(H,20,21)/t12?,13-/m0/s1. The van der Waals surface area contributed by atoms with Crippen LogP contribution in [0.1, 0.15) is 37.8 Å². The average Bonchev–Trinajstić information content (AvgIpc) is 2.42. The molecule has 0 aromatic heterocycles. The molecule has 114 valence electrons. The van der Waals surface area contributed by atoms with Crippen LogP contribution in [-0.4, -0.2) is 29.6 Å². The molecule has 0 saturated carbocycles. The van der Waals surface area contributed by atoms with E-state index >= 15 is 0 Å². The molecule has 5 nitrogen and oxygen atoms in total. The van der Waals surface area contributed by atoms with Gasteiger partial charge in [-0.2, -0.15) is 0 Å². The Bertz CT molecular complexity index is 549. The summed E-state index contributed by atoms with van der Waals surface area (Å²) in [4.78, 5) is 23.9. The Morgan fingerprint density at radius 2 is 2.00 bits per heavy atom. The van der Waals surface area contributed by atoms with Crippen molar-refractivity contribution in [2.45, 2.75) is 39.3 Å². The molecule has 0 bridgehead atoms. The molecule has 0 saturated heterocycles. The minimum absolute atomic E-state index is 0.239. The number of rotatable bonds is 3. The van der Waals surface area contributed by atoms with Crippen molar-refractivity contribution in [3.05, 3.63) is 35.4 Å². The zero-order valence-corrected chi connectivity index (χ0v) is 12.6. The number of carbonyl (C=O) groups excluding carboxylic acids is 1. The molecule has 1 unspecified atom stereocenters. The number of carboxylic acid groups (broad SMARTS) is 1. The fourth-order valence-corrected chi connectivity index (χ4v) is 2.62. The number of carbonyl (C=O) groups is 2. The van der Waals surface area contributed by atoms with Gasteiger partial charge in [-0.1, -0.05) is 45.0 Å². The number of benzene rings is 1. The fraction of sp³-hybridized carbons (Fsp3) is 0.500. The van der Waals surface area contributed by atoms with E-state index in [1.165, 1.54) is 0 Å². The molecule has 0 radical (unpaired) electrons. The molecule has 3 N–H and O–H groups in total. The van der Waals surface area contributed by atoms with Crippen molar-refractivity contribution in [3.63, 3.8) is 0 Å². The average molecular weight is 290 g/mol. The minimum atomic E-state index is -1.01. The van der Waals surface area contributed by atoms with Gasteiger partial charge in [0.25, 0.3) is 0 Å². The van der Waals surface area contributed by atoms with E-state index in [-0.39, 0.29) is 11.8 Å². The summed E-state index contributed by atoms with van der Waals surface area (Å²) in [5, 5.41) is 15.2. The second-order valence-electron chi connectivity index (χ2n) is 6.53. The molecule has 0 fully saturated rings. The summed E-state index contributed by atoms with van der Waals surface area (Å²) < 4.78 is 0. The monoisotopic (exact) mass is 290 g/mol. The summed E-state index contributed by atoms with van der Waals surface area (Å²) in [6.07, 6.45) is 0. The summed E-state index contributed by atoms with van der Waals surface area (Å²) in [5.74, 6) is -1.59. The Labute approximate surface area is 124 Å². The summed E-state index contributed by atoms with van der Waals surface area (Å²) in [5.41, 5.74) is 1.53. The van der Waals surface area contributed by atoms with Gasteiger partial charge in [0.15, 0.2) is 0 Å². The van der Waals surface area contributed by atoms with Crippen molar-refractivity contribution in [1.29, 1.82) is 0 Å². The number of carboxylic acids is 1. The van der Waals surface area contributed by atoms with Crippen LogP contribution in [0.2, 0.25) is 0 Å². The summed E-state index contributed by atoms with van der Waals surface area (Å²) in [6.45, 7) is 6.68. The first-order valence-corrected chi connectivity index (χ1v) is 7.12. The molecular weight excluding hydrogens is 268 g/mol. The SMILES string of the molecule is CC(C)(C)[C@@H](NC(=O)C1CNCc2ccccc21)C(=O)O. The number of amides is 1. The molecule has 0 spiro atoms. The van der Waals surface area contributed by atoms with Crippen molar-refractivity contribution in [3.8, 4) is 0 Å². The van der Waals surface area contributed by atoms with Gasteiger partial charge in [0.05, 0.1) is 5.92 Å². The third-order valence-electron chi connectivity index (χ3n) is 3.81. The first-order valence-electron chi connectivity index (χ1n) is 7.12. The highest BCUT2D eigenvalue weighted by molar-refractivity contribution is 5.89. The van der Waals surface area contributed by atoms with Gasteiger partial charge in [-0.25, -0.2) is 4.79 Å². The smallest absolute Gasteiger partial charge is 0.326 e. The zero-order valence-electron chi connectivity index (χ0n) is 12.6. The molecule has 2 atom stereocenters. The second-order valence-corrected chi connectivity index (χ2v) is 6.53. The predicted octanol–water partition coefficient (Wildman–Crippen LogP) is 1.49. The lowest BCUT2D eigenvalue weighted by Gasteiger charge is -2.31. The second kappa shape index (κ2) is 5.85. The highest BCUT2D eigenvalue weighted by Crippen LogP contribution is 2.25. The molecule has 1 heterocycles. The summed E-state index contributed by atoms with van der Waals surface area (Å²) in [7, 11) is 0. The summed E-state index contributed by atoms with van der Waals surface area (Å²) >= 11 is 0. The molecule has 2 rings (SSSR count). The molecule has 1 aromatic carbocycles. The highest BCUT2D eigenvalue weighted by atomic mass is 16.4. The largest absolute Gasteiger partial charge is 0.480 e. The van der Waals surface area contributed by atoms with Crippen LogP contribution in [0.25, 0.3) is 0 Å². The Kier molecular flexibility index (Phi) is 4.32. The van der Waals surface area contributed by atoms with Crippen LogP contribution >= 0.6 is 0 Å². The van der Waals surface area contributed by atoms with E-state index in [4.69, 9.17) is 0 Å². The number of nitrogens with one attached hydrogen (secondary N) is 2. The Morgan fingerprint density at radius 3 is 2.62 bits per heavy atom. The topological polar surface area (TPSA) is 78.4 Å². The zero-order chi connectivity index (χ0) is 15.6. The fourth-order valence-electron chi connectivity index (χ4n) is 2.62. The van der Waals surface area contributed by atoms with Crippen LogP contribution in [0.4, 0.5) is 0 Å². The normalized spacial score (nSPS) is 19.5. The van der Waals surface area contributed by atoms with Gasteiger partial charge in [0, 0.05) is 13.1 Å². The lowest BCUT2D eigenvalue weighted by Crippen LogP contribution is -2.51. The first-order chi connectivity index (χ1) is 9.80. The van der Waals surface area contributed by atoms with E-state index in [0.717, 1.165) is 17.7 Å². The number of fused-ring (bicyclic) bond motifs is 1. The Hall–Kier alpha value is -1.88. The van der Waals surface area contributed by atoms with Crippen LogP contribution in [0.5, 0.6) is 0 Å². The molecular formula is C16H22N2O3. The van der Waals surface area contributed by atoms with E-state index in [9.17, 15) is 14.7 Å². The Balaban J connectivity index is 2.20. The maximum Gasteiger partial charge on any atom is 0.326 e. The van der Waals surface area contributed by atoms with Gasteiger partial charge < -0.3 is 15.7 Å². The maximum absolute atomic E-state index is 12.5. The van der Waals surface area contributed by atoms with E-state index in [1.54, 1.807) is 20.8 Å². The third-order valence-corrected chi connectivity index (χ3v) is 3.81. The van der Waals surface area contributed by atoms with E-state index in [1.807, 2.05) is 24.3 Å². The van der Waals surface area contributed by atoms with Crippen molar-refractivity contribution in [2.24, 2.45) is 5.41 Å². The lowest BCUT2D eigenvalue weighted by molar-refractivity contribution is -0.145.